The number of nitrogens with zero attached hydrogens (tertiary/aromatic N) is 3. The number of rotatable bonds is 2. The quantitative estimate of drug-likeness (QED) is 0.647. The summed E-state index contributed by atoms with van der Waals surface area (Å²) in [7, 11) is 0. The number of aromatic nitrogens is 3. The van der Waals surface area contributed by atoms with E-state index in [9.17, 15) is 0 Å². The van der Waals surface area contributed by atoms with Crippen molar-refractivity contribution in [3.8, 4) is 17.1 Å². The zero-order valence-corrected chi connectivity index (χ0v) is 14.5. The molecular weight excluding hydrogens is 338 g/mol. The molecule has 3 aromatic rings. The average Bonchev–Trinajstić information content (AvgIpc) is 2.96. The molecular formula is C18H18BrN3. The molecule has 0 saturated carbocycles. The molecule has 22 heavy (non-hydrogen) atoms. The van der Waals surface area contributed by atoms with Gasteiger partial charge in [0.2, 0.25) is 0 Å². The van der Waals surface area contributed by atoms with Crippen LogP contribution < -0.4 is 0 Å². The van der Waals surface area contributed by atoms with Crippen LogP contribution in [0, 0.1) is 0 Å². The summed E-state index contributed by atoms with van der Waals surface area (Å²) in [6, 6.07) is 16.6. The van der Waals surface area contributed by atoms with Crippen molar-refractivity contribution in [3.63, 3.8) is 0 Å². The van der Waals surface area contributed by atoms with Gasteiger partial charge in [-0.15, -0.1) is 10.2 Å². The van der Waals surface area contributed by atoms with E-state index in [2.05, 4.69) is 71.2 Å². The van der Waals surface area contributed by atoms with E-state index in [4.69, 9.17) is 0 Å². The van der Waals surface area contributed by atoms with Crippen LogP contribution in [-0.2, 0) is 5.41 Å². The molecule has 0 saturated heterocycles. The van der Waals surface area contributed by atoms with Crippen molar-refractivity contribution in [2.45, 2.75) is 26.2 Å². The molecule has 0 aliphatic rings. The van der Waals surface area contributed by atoms with E-state index in [0.29, 0.717) is 0 Å². The van der Waals surface area contributed by atoms with Gasteiger partial charge in [0.05, 0.1) is 0 Å². The normalized spacial score (nSPS) is 11.6. The molecule has 0 spiro atoms. The second kappa shape index (κ2) is 5.69. The van der Waals surface area contributed by atoms with E-state index >= 15 is 0 Å². The van der Waals surface area contributed by atoms with Crippen LogP contribution in [0.3, 0.4) is 0 Å². The van der Waals surface area contributed by atoms with Crippen LogP contribution in [0.2, 0.25) is 0 Å². The maximum Gasteiger partial charge on any atom is 0.169 e. The van der Waals surface area contributed by atoms with Crippen molar-refractivity contribution in [1.82, 2.24) is 14.8 Å². The third-order valence-corrected chi connectivity index (χ3v) is 4.37. The summed E-state index contributed by atoms with van der Waals surface area (Å²) < 4.78 is 3.02. The average molecular weight is 356 g/mol. The van der Waals surface area contributed by atoms with Crippen molar-refractivity contribution in [1.29, 1.82) is 0 Å². The Morgan fingerprint density at radius 1 is 0.955 bits per heavy atom. The Balaban J connectivity index is 2.04. The highest BCUT2D eigenvalue weighted by atomic mass is 79.9. The lowest BCUT2D eigenvalue weighted by molar-refractivity contribution is 0.590. The van der Waals surface area contributed by atoms with Crippen molar-refractivity contribution in [3.05, 3.63) is 64.9 Å². The highest BCUT2D eigenvalue weighted by Gasteiger charge is 2.15. The second-order valence-corrected chi connectivity index (χ2v) is 7.16. The molecule has 3 nitrogen and oxygen atoms in total. The Hall–Kier alpha value is -1.94. The molecule has 1 heterocycles. The Bertz CT molecular complexity index is 783. The fourth-order valence-electron chi connectivity index (χ4n) is 2.37. The minimum absolute atomic E-state index is 0.150. The molecule has 1 aromatic heterocycles. The molecule has 0 fully saturated rings. The number of hydrogen-bond donors (Lipinski definition) is 0. The highest BCUT2D eigenvalue weighted by Crippen LogP contribution is 2.29. The smallest absolute Gasteiger partial charge is 0.169 e. The molecule has 0 bridgehead atoms. The summed E-state index contributed by atoms with van der Waals surface area (Å²) in [5, 5.41) is 8.36. The molecule has 0 N–H and O–H groups in total. The van der Waals surface area contributed by atoms with Crippen LogP contribution >= 0.6 is 15.9 Å². The van der Waals surface area contributed by atoms with Crippen LogP contribution in [0.25, 0.3) is 17.1 Å². The van der Waals surface area contributed by atoms with Gasteiger partial charge in [-0.3, -0.25) is 4.57 Å². The summed E-state index contributed by atoms with van der Waals surface area (Å²) in [6.45, 7) is 6.65. The van der Waals surface area contributed by atoms with E-state index in [1.807, 2.05) is 28.8 Å². The molecule has 112 valence electrons. The lowest BCUT2D eigenvalue weighted by Gasteiger charge is -2.19. The van der Waals surface area contributed by atoms with Gasteiger partial charge in [0.15, 0.2) is 5.82 Å². The molecule has 0 aliphatic heterocycles. The predicted molar refractivity (Wildman–Crippen MR) is 93.2 cm³/mol. The van der Waals surface area contributed by atoms with Gasteiger partial charge in [0.25, 0.3) is 0 Å². The van der Waals surface area contributed by atoms with Gasteiger partial charge in [0, 0.05) is 15.7 Å². The van der Waals surface area contributed by atoms with E-state index in [1.165, 1.54) is 5.56 Å². The van der Waals surface area contributed by atoms with E-state index < -0.39 is 0 Å². The molecule has 0 unspecified atom stereocenters. The highest BCUT2D eigenvalue weighted by molar-refractivity contribution is 9.10. The minimum atomic E-state index is 0.150. The SMILES string of the molecule is CC(C)(C)c1ccc(-n2cnnc2-c2ccccc2Br)cc1. The van der Waals surface area contributed by atoms with Gasteiger partial charge in [0.1, 0.15) is 6.33 Å². The Morgan fingerprint density at radius 3 is 2.27 bits per heavy atom. The van der Waals surface area contributed by atoms with Crippen LogP contribution in [0.5, 0.6) is 0 Å². The summed E-state index contributed by atoms with van der Waals surface area (Å²) >= 11 is 3.58. The van der Waals surface area contributed by atoms with Gasteiger partial charge in [-0.1, -0.05) is 67.0 Å². The molecule has 0 amide bonds. The van der Waals surface area contributed by atoms with Crippen LogP contribution in [0.1, 0.15) is 26.3 Å². The Kier molecular flexibility index (Phi) is 3.87. The van der Waals surface area contributed by atoms with Gasteiger partial charge < -0.3 is 0 Å². The Labute approximate surface area is 139 Å². The third-order valence-electron chi connectivity index (χ3n) is 3.67. The van der Waals surface area contributed by atoms with Gasteiger partial charge in [-0.2, -0.15) is 0 Å². The van der Waals surface area contributed by atoms with Crippen molar-refractivity contribution in [2.75, 3.05) is 0 Å². The lowest BCUT2D eigenvalue weighted by Crippen LogP contribution is -2.10. The molecule has 0 aliphatic carbocycles. The molecule has 4 heteroatoms. The van der Waals surface area contributed by atoms with Gasteiger partial charge in [-0.25, -0.2) is 0 Å². The number of benzene rings is 2. The topological polar surface area (TPSA) is 30.7 Å². The maximum absolute atomic E-state index is 4.28. The van der Waals surface area contributed by atoms with Crippen molar-refractivity contribution in [2.24, 2.45) is 0 Å². The first-order chi connectivity index (χ1) is 10.5. The summed E-state index contributed by atoms with van der Waals surface area (Å²) in [6.07, 6.45) is 1.75. The van der Waals surface area contributed by atoms with Crippen molar-refractivity contribution < 1.29 is 0 Å². The largest absolute Gasteiger partial charge is 0.282 e. The molecule has 2 aromatic carbocycles. The van der Waals surface area contributed by atoms with Crippen LogP contribution in [0.15, 0.2) is 59.3 Å². The minimum Gasteiger partial charge on any atom is -0.282 e. The lowest BCUT2D eigenvalue weighted by atomic mass is 9.87. The standard InChI is InChI=1S/C18H18BrN3/c1-18(2,3)13-8-10-14(11-9-13)22-12-20-21-17(22)15-6-4-5-7-16(15)19/h4-12H,1-3H3. The first-order valence-electron chi connectivity index (χ1n) is 7.22. The summed E-state index contributed by atoms with van der Waals surface area (Å²) in [4.78, 5) is 0. The maximum atomic E-state index is 4.28. The monoisotopic (exact) mass is 355 g/mol. The number of halogens is 1. The predicted octanol–water partition coefficient (Wildman–Crippen LogP) is 4.99. The molecule has 3 rings (SSSR count). The number of hydrogen-bond acceptors (Lipinski definition) is 2. The van der Waals surface area contributed by atoms with E-state index in [1.54, 1.807) is 6.33 Å². The second-order valence-electron chi connectivity index (χ2n) is 6.30. The zero-order valence-electron chi connectivity index (χ0n) is 12.9. The van der Waals surface area contributed by atoms with Crippen LogP contribution in [0.4, 0.5) is 0 Å². The molecule has 0 radical (unpaired) electrons. The summed E-state index contributed by atoms with van der Waals surface area (Å²) in [5.74, 6) is 0.830. The Morgan fingerprint density at radius 2 is 1.64 bits per heavy atom. The first kappa shape index (κ1) is 15.0. The first-order valence-corrected chi connectivity index (χ1v) is 8.02. The fourth-order valence-corrected chi connectivity index (χ4v) is 2.83. The zero-order chi connectivity index (χ0) is 15.7. The van der Waals surface area contributed by atoms with E-state index in [-0.39, 0.29) is 5.41 Å². The van der Waals surface area contributed by atoms with Gasteiger partial charge in [-0.05, 0) is 29.2 Å². The van der Waals surface area contributed by atoms with Crippen LogP contribution in [-0.4, -0.2) is 14.8 Å². The summed E-state index contributed by atoms with van der Waals surface area (Å²) in [5.41, 5.74) is 3.55. The van der Waals surface area contributed by atoms with E-state index in [0.717, 1.165) is 21.5 Å². The van der Waals surface area contributed by atoms with Gasteiger partial charge >= 0.3 is 0 Å². The third kappa shape index (κ3) is 2.83. The molecule has 0 atom stereocenters. The van der Waals surface area contributed by atoms with Crippen molar-refractivity contribution >= 4 is 15.9 Å². The fraction of sp³-hybridized carbons (Fsp3) is 0.222.